The van der Waals surface area contributed by atoms with Gasteiger partial charge in [-0.25, -0.2) is 0 Å². The molecule has 0 atom stereocenters. The number of hydrogen-bond donors (Lipinski definition) is 2. The largest absolute Gasteiger partial charge is 0.497 e. The quantitative estimate of drug-likeness (QED) is 0.839. The summed E-state index contributed by atoms with van der Waals surface area (Å²) in [6.45, 7) is 0. The Hall–Kier alpha value is -2.46. The molecule has 0 amide bonds. The first-order chi connectivity index (χ1) is 10.3. The number of hydrogen-bond acceptors (Lipinski definition) is 3. The van der Waals surface area contributed by atoms with E-state index in [0.29, 0.717) is 0 Å². The molecule has 0 spiro atoms. The van der Waals surface area contributed by atoms with Crippen LogP contribution < -0.4 is 20.8 Å². The minimum Gasteiger partial charge on any atom is -0.497 e. The zero-order chi connectivity index (χ0) is 14.7. The maximum Gasteiger partial charge on any atom is 0.118 e. The molecule has 108 valence electrons. The zero-order valence-electron chi connectivity index (χ0n) is 12.1. The van der Waals surface area contributed by atoms with Gasteiger partial charge in [-0.05, 0) is 29.8 Å². The van der Waals surface area contributed by atoms with Crippen LogP contribution in [-0.2, 0) is 4.84 Å². The average molecular weight is 282 g/mol. The third-order valence-electron chi connectivity index (χ3n) is 3.56. The van der Waals surface area contributed by atoms with Gasteiger partial charge in [0.1, 0.15) is 5.75 Å². The summed E-state index contributed by atoms with van der Waals surface area (Å²) in [6.07, 6.45) is 9.14. The van der Waals surface area contributed by atoms with Crippen molar-refractivity contribution in [3.63, 3.8) is 0 Å². The summed E-state index contributed by atoms with van der Waals surface area (Å²) in [6, 6.07) is 8.10. The van der Waals surface area contributed by atoms with Crippen LogP contribution in [0, 0.1) is 0 Å². The number of ether oxygens (including phenoxy) is 1. The van der Waals surface area contributed by atoms with E-state index < -0.39 is 0 Å². The minimum atomic E-state index is 0.804. The van der Waals surface area contributed by atoms with Gasteiger partial charge in [-0.2, -0.15) is 0 Å². The number of hydroxylamine groups is 1. The molecule has 0 fully saturated rings. The van der Waals surface area contributed by atoms with E-state index >= 15 is 0 Å². The third-order valence-corrected chi connectivity index (χ3v) is 3.56. The van der Waals surface area contributed by atoms with Crippen molar-refractivity contribution >= 4 is 12.2 Å². The molecule has 1 aromatic carbocycles. The molecule has 0 unspecified atom stereocenters. The van der Waals surface area contributed by atoms with E-state index in [1.54, 1.807) is 14.2 Å². The molecule has 0 saturated heterocycles. The van der Waals surface area contributed by atoms with E-state index in [1.165, 1.54) is 16.3 Å². The third kappa shape index (κ3) is 2.71. The van der Waals surface area contributed by atoms with Crippen molar-refractivity contribution in [1.82, 2.24) is 10.5 Å². The molecule has 1 heterocycles. The van der Waals surface area contributed by atoms with E-state index in [0.717, 1.165) is 23.2 Å². The lowest BCUT2D eigenvalue weighted by molar-refractivity contribution is 0.117. The van der Waals surface area contributed by atoms with Crippen molar-refractivity contribution in [2.75, 3.05) is 14.2 Å². The average Bonchev–Trinajstić information content (AvgIpc) is 2.83. The summed E-state index contributed by atoms with van der Waals surface area (Å²) < 4.78 is 5.21. The second-order valence-electron chi connectivity index (χ2n) is 4.83. The normalized spacial score (nSPS) is 13.3. The van der Waals surface area contributed by atoms with Crippen molar-refractivity contribution in [3.05, 3.63) is 52.8 Å². The first-order valence-electron chi connectivity index (χ1n) is 6.83. The highest BCUT2D eigenvalue weighted by Crippen LogP contribution is 2.19. The predicted molar refractivity (Wildman–Crippen MR) is 83.8 cm³/mol. The lowest BCUT2D eigenvalue weighted by Crippen LogP contribution is -2.22. The Kier molecular flexibility index (Phi) is 3.79. The molecule has 2 N–H and O–H groups in total. The molecular weight excluding hydrogens is 264 g/mol. The van der Waals surface area contributed by atoms with E-state index in [1.807, 2.05) is 24.4 Å². The van der Waals surface area contributed by atoms with Crippen molar-refractivity contribution in [2.24, 2.45) is 0 Å². The number of aromatic amines is 1. The molecule has 0 bridgehead atoms. The molecule has 1 aliphatic carbocycles. The van der Waals surface area contributed by atoms with Gasteiger partial charge in [-0.3, -0.25) is 10.3 Å². The van der Waals surface area contributed by atoms with Crippen molar-refractivity contribution in [3.8, 4) is 16.9 Å². The number of benzene rings is 1. The lowest BCUT2D eigenvalue weighted by atomic mass is 10.1. The van der Waals surface area contributed by atoms with E-state index in [4.69, 9.17) is 9.57 Å². The molecule has 4 nitrogen and oxygen atoms in total. The predicted octanol–water partition coefficient (Wildman–Crippen LogP) is 1.69. The Labute approximate surface area is 123 Å². The standard InChI is InChI=1S/C17H18N2O2/c1-20-14-7-3-12(4-8-14)16-11-18-17-10-6-13(19-21-2)5-9-15(16)17/h3-4,6-11,18-19H,5H2,1-2H3. The van der Waals surface area contributed by atoms with Crippen molar-refractivity contribution in [1.29, 1.82) is 0 Å². The number of methoxy groups -OCH3 is 1. The summed E-state index contributed by atoms with van der Waals surface area (Å²) in [5, 5.41) is 2.32. The van der Waals surface area contributed by atoms with Crippen molar-refractivity contribution < 1.29 is 9.57 Å². The summed E-state index contributed by atoms with van der Waals surface area (Å²) >= 11 is 0. The molecule has 1 aromatic heterocycles. The van der Waals surface area contributed by atoms with Crippen LogP contribution in [0.3, 0.4) is 0 Å². The first kappa shape index (κ1) is 13.5. The number of allylic oxidation sites excluding steroid dienone is 2. The Balaban J connectivity index is 2.01. The fraction of sp³-hybridized carbons (Fsp3) is 0.176. The molecule has 4 heteroatoms. The van der Waals surface area contributed by atoms with Crippen LogP contribution in [0.5, 0.6) is 5.75 Å². The molecular formula is C17H18N2O2. The van der Waals surface area contributed by atoms with Gasteiger partial charge < -0.3 is 9.72 Å². The summed E-state index contributed by atoms with van der Waals surface area (Å²) in [5.41, 5.74) is 6.28. The Morgan fingerprint density at radius 1 is 1.10 bits per heavy atom. The Morgan fingerprint density at radius 2 is 1.90 bits per heavy atom. The number of nitrogens with one attached hydrogen (secondary N) is 2. The van der Waals surface area contributed by atoms with Crippen molar-refractivity contribution in [2.45, 2.75) is 6.42 Å². The van der Waals surface area contributed by atoms with Crippen LogP contribution in [0.2, 0.25) is 0 Å². The van der Waals surface area contributed by atoms with Gasteiger partial charge >= 0.3 is 0 Å². The van der Waals surface area contributed by atoms with Crippen LogP contribution >= 0.6 is 0 Å². The summed E-state index contributed by atoms with van der Waals surface area (Å²) in [5.74, 6) is 0.865. The number of fused-ring (bicyclic) bond motifs is 1. The lowest BCUT2D eigenvalue weighted by Gasteiger charge is -2.04. The topological polar surface area (TPSA) is 46.3 Å². The number of aromatic nitrogens is 1. The van der Waals surface area contributed by atoms with Crippen LogP contribution in [0.1, 0.15) is 6.42 Å². The second-order valence-corrected chi connectivity index (χ2v) is 4.83. The smallest absolute Gasteiger partial charge is 0.118 e. The monoisotopic (exact) mass is 282 g/mol. The van der Waals surface area contributed by atoms with Gasteiger partial charge in [0, 0.05) is 34.4 Å². The molecule has 0 radical (unpaired) electrons. The molecule has 1 aliphatic rings. The highest BCUT2D eigenvalue weighted by molar-refractivity contribution is 5.67. The second kappa shape index (κ2) is 5.89. The number of rotatable bonds is 4. The minimum absolute atomic E-state index is 0.804. The highest BCUT2D eigenvalue weighted by atomic mass is 16.6. The van der Waals surface area contributed by atoms with Gasteiger partial charge in [-0.1, -0.05) is 18.2 Å². The molecule has 0 aliphatic heterocycles. The van der Waals surface area contributed by atoms with Crippen LogP contribution in [0.4, 0.5) is 0 Å². The first-order valence-corrected chi connectivity index (χ1v) is 6.83. The molecule has 0 saturated carbocycles. The molecule has 2 aromatic rings. The van der Waals surface area contributed by atoms with E-state index in [9.17, 15) is 0 Å². The molecule has 3 rings (SSSR count). The van der Waals surface area contributed by atoms with Gasteiger partial charge in [-0.15, -0.1) is 0 Å². The van der Waals surface area contributed by atoms with Gasteiger partial charge in [0.15, 0.2) is 0 Å². The van der Waals surface area contributed by atoms with Gasteiger partial charge in [0.2, 0.25) is 0 Å². The summed E-state index contributed by atoms with van der Waals surface area (Å²) in [4.78, 5) is 8.30. The fourth-order valence-corrected chi connectivity index (χ4v) is 2.49. The maximum absolute atomic E-state index is 5.21. The Morgan fingerprint density at radius 3 is 2.62 bits per heavy atom. The van der Waals surface area contributed by atoms with Gasteiger partial charge in [0.05, 0.1) is 14.2 Å². The van der Waals surface area contributed by atoms with Gasteiger partial charge in [0.25, 0.3) is 0 Å². The highest BCUT2D eigenvalue weighted by Gasteiger charge is 2.05. The van der Waals surface area contributed by atoms with Crippen LogP contribution in [0.15, 0.2) is 42.2 Å². The fourth-order valence-electron chi connectivity index (χ4n) is 2.49. The molecule has 21 heavy (non-hydrogen) atoms. The number of H-pyrrole nitrogens is 1. The van der Waals surface area contributed by atoms with E-state index in [2.05, 4.69) is 34.7 Å². The van der Waals surface area contributed by atoms with Crippen LogP contribution in [0.25, 0.3) is 23.3 Å². The van der Waals surface area contributed by atoms with E-state index in [-0.39, 0.29) is 0 Å². The summed E-state index contributed by atoms with van der Waals surface area (Å²) in [7, 11) is 3.30. The Bertz CT molecular complexity index is 770. The van der Waals surface area contributed by atoms with Crippen LogP contribution in [-0.4, -0.2) is 19.2 Å². The zero-order valence-corrected chi connectivity index (χ0v) is 12.1. The SMILES string of the molecule is CONC1=CC=c2[nH]cc(-c3ccc(OC)cc3)c2=CC1. The maximum atomic E-state index is 5.21.